The third-order valence-corrected chi connectivity index (χ3v) is 6.10. The molecule has 0 unspecified atom stereocenters. The first-order chi connectivity index (χ1) is 12.8. The second-order valence-electron chi connectivity index (χ2n) is 6.67. The number of nitrogens with one attached hydrogen (secondary N) is 2. The van der Waals surface area contributed by atoms with Gasteiger partial charge in [-0.15, -0.1) is 0 Å². The average molecular weight is 392 g/mol. The molecule has 3 rings (SSSR count). The molecule has 2 aromatic carbocycles. The van der Waals surface area contributed by atoms with Crippen molar-refractivity contribution in [2.45, 2.75) is 43.2 Å². The Kier molecular flexibility index (Phi) is 5.59. The number of hydrogen-bond donors (Lipinski definition) is 3. The second kappa shape index (κ2) is 7.75. The lowest BCUT2D eigenvalue weighted by Crippen LogP contribution is -2.39. The highest BCUT2D eigenvalue weighted by Gasteiger charge is 2.30. The molecular weight excluding hydrogens is 371 g/mol. The van der Waals surface area contributed by atoms with Crippen LogP contribution in [0.1, 0.15) is 35.2 Å². The van der Waals surface area contributed by atoms with E-state index in [4.69, 9.17) is 0 Å². The molecule has 3 N–H and O–H groups in total. The van der Waals surface area contributed by atoms with Crippen molar-refractivity contribution in [3.63, 3.8) is 0 Å². The highest BCUT2D eigenvalue weighted by atomic mass is 32.2. The maximum absolute atomic E-state index is 13.3. The van der Waals surface area contributed by atoms with Crippen molar-refractivity contribution in [3.05, 3.63) is 59.4 Å². The third-order valence-electron chi connectivity index (χ3n) is 4.61. The van der Waals surface area contributed by atoms with E-state index in [1.807, 2.05) is 0 Å². The van der Waals surface area contributed by atoms with E-state index in [1.54, 1.807) is 6.92 Å². The van der Waals surface area contributed by atoms with Gasteiger partial charge in [-0.1, -0.05) is 6.07 Å². The minimum atomic E-state index is -3.86. The fraction of sp³-hybridized carbons (Fsp3) is 0.316. The smallest absolute Gasteiger partial charge is 0.255 e. The molecule has 0 aromatic heterocycles. The lowest BCUT2D eigenvalue weighted by Gasteiger charge is -2.17. The zero-order valence-corrected chi connectivity index (χ0v) is 15.6. The lowest BCUT2D eigenvalue weighted by molar-refractivity contribution is 0.102. The van der Waals surface area contributed by atoms with Crippen molar-refractivity contribution >= 4 is 21.6 Å². The number of benzene rings is 2. The van der Waals surface area contributed by atoms with E-state index in [1.165, 1.54) is 42.5 Å². The molecule has 1 amide bonds. The van der Waals surface area contributed by atoms with Gasteiger partial charge >= 0.3 is 0 Å². The summed E-state index contributed by atoms with van der Waals surface area (Å²) in [6.45, 7) is 1.58. The Morgan fingerprint density at radius 3 is 2.63 bits per heavy atom. The molecule has 0 bridgehead atoms. The van der Waals surface area contributed by atoms with Crippen molar-refractivity contribution in [2.24, 2.45) is 0 Å². The Labute approximate surface area is 157 Å². The predicted octanol–water partition coefficient (Wildman–Crippen LogP) is 2.58. The Hall–Kier alpha value is -2.29. The number of sulfonamides is 1. The fourth-order valence-corrected chi connectivity index (χ4v) is 4.42. The molecule has 8 heteroatoms. The van der Waals surface area contributed by atoms with E-state index in [-0.39, 0.29) is 16.3 Å². The molecule has 0 spiro atoms. The van der Waals surface area contributed by atoms with Crippen LogP contribution in [-0.4, -0.2) is 31.6 Å². The maximum atomic E-state index is 13.3. The van der Waals surface area contributed by atoms with Gasteiger partial charge < -0.3 is 10.4 Å². The number of halogens is 1. The van der Waals surface area contributed by atoms with E-state index >= 15 is 0 Å². The number of anilines is 1. The van der Waals surface area contributed by atoms with Gasteiger partial charge in [0.1, 0.15) is 5.82 Å². The third kappa shape index (κ3) is 4.52. The number of aryl methyl sites for hydroxylation is 1. The van der Waals surface area contributed by atoms with Gasteiger partial charge in [0.05, 0.1) is 11.0 Å². The molecular formula is C19H21FN2O4S. The first kappa shape index (κ1) is 19.5. The highest BCUT2D eigenvalue weighted by molar-refractivity contribution is 7.89. The Morgan fingerprint density at radius 2 is 1.96 bits per heavy atom. The number of rotatable bonds is 5. The number of aliphatic hydroxyl groups is 1. The SMILES string of the molecule is Cc1cc(NC(=O)c2cccc(S(=O)(=O)N[C@H]3CCC[C@@H]3O)c2)ccc1F. The minimum Gasteiger partial charge on any atom is -0.391 e. The summed E-state index contributed by atoms with van der Waals surface area (Å²) in [5.41, 5.74) is 0.967. The zero-order valence-electron chi connectivity index (χ0n) is 14.8. The molecule has 1 aliphatic rings. The molecule has 2 atom stereocenters. The molecule has 2 aromatic rings. The van der Waals surface area contributed by atoms with Gasteiger partial charge in [0.15, 0.2) is 0 Å². The molecule has 0 aliphatic heterocycles. The zero-order chi connectivity index (χ0) is 19.6. The number of amides is 1. The van der Waals surface area contributed by atoms with Gasteiger partial charge in [-0.2, -0.15) is 0 Å². The van der Waals surface area contributed by atoms with E-state index in [0.29, 0.717) is 24.1 Å². The van der Waals surface area contributed by atoms with E-state index in [2.05, 4.69) is 10.0 Å². The molecule has 1 aliphatic carbocycles. The van der Waals surface area contributed by atoms with Crippen LogP contribution in [0.3, 0.4) is 0 Å². The summed E-state index contributed by atoms with van der Waals surface area (Å²) >= 11 is 0. The molecule has 6 nitrogen and oxygen atoms in total. The molecule has 144 valence electrons. The van der Waals surface area contributed by atoms with Gasteiger partial charge in [0.25, 0.3) is 5.91 Å². The first-order valence-electron chi connectivity index (χ1n) is 8.64. The molecule has 0 saturated heterocycles. The number of carbonyl (C=O) groups is 1. The van der Waals surface area contributed by atoms with E-state index < -0.39 is 28.1 Å². The van der Waals surface area contributed by atoms with Crippen molar-refractivity contribution in [2.75, 3.05) is 5.32 Å². The topological polar surface area (TPSA) is 95.5 Å². The van der Waals surface area contributed by atoms with Crippen LogP contribution in [-0.2, 0) is 10.0 Å². The Balaban J connectivity index is 1.77. The summed E-state index contributed by atoms with van der Waals surface area (Å²) < 4.78 is 40.9. The van der Waals surface area contributed by atoms with Crippen molar-refractivity contribution in [1.29, 1.82) is 0 Å². The van der Waals surface area contributed by atoms with Crippen LogP contribution in [0.2, 0.25) is 0 Å². The summed E-state index contributed by atoms with van der Waals surface area (Å²) in [6.07, 6.45) is 1.19. The van der Waals surface area contributed by atoms with Crippen LogP contribution in [0.4, 0.5) is 10.1 Å². The molecule has 0 heterocycles. The average Bonchev–Trinajstić information content (AvgIpc) is 3.02. The standard InChI is InChI=1S/C19H21FN2O4S/c1-12-10-14(8-9-16(12)20)21-19(24)13-4-2-5-15(11-13)27(25,26)22-17-6-3-7-18(17)23/h2,4-5,8-11,17-18,22-23H,3,6-7H2,1H3,(H,21,24)/t17-,18-/m0/s1. The Morgan fingerprint density at radius 1 is 1.19 bits per heavy atom. The normalized spacial score (nSPS) is 19.8. The van der Waals surface area contributed by atoms with Gasteiger partial charge in [0.2, 0.25) is 10.0 Å². The number of carbonyl (C=O) groups excluding carboxylic acids is 1. The van der Waals surface area contributed by atoms with Gasteiger partial charge in [-0.05, 0) is 68.1 Å². The summed E-state index contributed by atoms with van der Waals surface area (Å²) in [5.74, 6) is -0.875. The van der Waals surface area contributed by atoms with Gasteiger partial charge in [-0.3, -0.25) is 4.79 Å². The number of aliphatic hydroxyl groups excluding tert-OH is 1. The molecule has 27 heavy (non-hydrogen) atoms. The largest absolute Gasteiger partial charge is 0.391 e. The van der Waals surface area contributed by atoms with E-state index in [9.17, 15) is 22.7 Å². The molecule has 1 saturated carbocycles. The molecule has 0 radical (unpaired) electrons. The van der Waals surface area contributed by atoms with Crippen molar-refractivity contribution < 1.29 is 22.7 Å². The number of hydrogen-bond acceptors (Lipinski definition) is 4. The first-order valence-corrected chi connectivity index (χ1v) is 10.1. The predicted molar refractivity (Wildman–Crippen MR) is 99.5 cm³/mol. The van der Waals surface area contributed by atoms with Gasteiger partial charge in [-0.25, -0.2) is 17.5 Å². The van der Waals surface area contributed by atoms with Crippen molar-refractivity contribution in [1.82, 2.24) is 4.72 Å². The van der Waals surface area contributed by atoms with Crippen LogP contribution in [0.15, 0.2) is 47.4 Å². The lowest BCUT2D eigenvalue weighted by atomic mass is 10.2. The quantitative estimate of drug-likeness (QED) is 0.729. The Bertz CT molecular complexity index is 962. The fourth-order valence-electron chi connectivity index (χ4n) is 3.08. The summed E-state index contributed by atoms with van der Waals surface area (Å²) in [6, 6.07) is 9.30. The highest BCUT2D eigenvalue weighted by Crippen LogP contribution is 2.22. The second-order valence-corrected chi connectivity index (χ2v) is 8.39. The molecule has 1 fully saturated rings. The minimum absolute atomic E-state index is 0.0514. The van der Waals surface area contributed by atoms with E-state index in [0.717, 1.165) is 6.42 Å². The summed E-state index contributed by atoms with van der Waals surface area (Å²) in [7, 11) is -3.86. The summed E-state index contributed by atoms with van der Waals surface area (Å²) in [4.78, 5) is 12.4. The van der Waals surface area contributed by atoms with Crippen LogP contribution < -0.4 is 10.0 Å². The van der Waals surface area contributed by atoms with Crippen LogP contribution in [0.25, 0.3) is 0 Å². The maximum Gasteiger partial charge on any atom is 0.255 e. The van der Waals surface area contributed by atoms with Crippen LogP contribution >= 0.6 is 0 Å². The van der Waals surface area contributed by atoms with Crippen LogP contribution in [0, 0.1) is 12.7 Å². The van der Waals surface area contributed by atoms with Crippen molar-refractivity contribution in [3.8, 4) is 0 Å². The summed E-state index contributed by atoms with van der Waals surface area (Å²) in [5, 5.41) is 12.5. The van der Waals surface area contributed by atoms with Gasteiger partial charge in [0, 0.05) is 17.3 Å². The van der Waals surface area contributed by atoms with Crippen LogP contribution in [0.5, 0.6) is 0 Å². The monoisotopic (exact) mass is 392 g/mol.